The van der Waals surface area contributed by atoms with E-state index in [4.69, 9.17) is 0 Å². The highest BCUT2D eigenvalue weighted by Gasteiger charge is 2.08. The Bertz CT molecular complexity index is 615. The fourth-order valence-electron chi connectivity index (χ4n) is 1.44. The van der Waals surface area contributed by atoms with Gasteiger partial charge in [-0.05, 0) is 18.4 Å². The van der Waals surface area contributed by atoms with Gasteiger partial charge in [0.1, 0.15) is 10.7 Å². The van der Waals surface area contributed by atoms with Crippen molar-refractivity contribution in [1.82, 2.24) is 20.2 Å². The van der Waals surface area contributed by atoms with Gasteiger partial charge in [-0.25, -0.2) is 9.97 Å². The van der Waals surface area contributed by atoms with Crippen LogP contribution in [0.2, 0.25) is 0 Å². The molecule has 0 atom stereocenters. The molecule has 0 N–H and O–H groups in total. The summed E-state index contributed by atoms with van der Waals surface area (Å²) in [6, 6.07) is 8.03. The number of thioether (sulfide) groups is 1. The maximum absolute atomic E-state index is 4.51. The van der Waals surface area contributed by atoms with Gasteiger partial charge in [0.15, 0.2) is 0 Å². The molecule has 0 aliphatic heterocycles. The van der Waals surface area contributed by atoms with Crippen LogP contribution in [0.5, 0.6) is 0 Å². The summed E-state index contributed by atoms with van der Waals surface area (Å²) in [5.41, 5.74) is 1.72. The second-order valence-electron chi connectivity index (χ2n) is 3.32. The van der Waals surface area contributed by atoms with Crippen molar-refractivity contribution < 1.29 is 0 Å². The number of hydrogen-bond donors (Lipinski definition) is 0. The van der Waals surface area contributed by atoms with Crippen molar-refractivity contribution in [2.24, 2.45) is 0 Å². The van der Waals surface area contributed by atoms with Gasteiger partial charge in [-0.15, -0.1) is 21.5 Å². The Hall–Kier alpha value is -1.53. The summed E-state index contributed by atoms with van der Waals surface area (Å²) >= 11 is 3.08. The van der Waals surface area contributed by atoms with Crippen LogP contribution in [0.15, 0.2) is 35.6 Å². The van der Waals surface area contributed by atoms with Crippen molar-refractivity contribution in [2.75, 3.05) is 6.26 Å². The van der Waals surface area contributed by atoms with E-state index in [9.17, 15) is 0 Å². The molecule has 1 aromatic carbocycles. The van der Waals surface area contributed by atoms with Gasteiger partial charge < -0.3 is 0 Å². The van der Waals surface area contributed by atoms with E-state index < -0.39 is 0 Å². The Labute approximate surface area is 106 Å². The molecule has 0 aliphatic rings. The van der Waals surface area contributed by atoms with Gasteiger partial charge in [0.2, 0.25) is 5.16 Å². The minimum absolute atomic E-state index is 0.676. The van der Waals surface area contributed by atoms with Crippen LogP contribution in [0, 0.1) is 0 Å². The standard InChI is InChI=1S/C11H8N4S2/c1-16-11-12-6-8(14-15-11)10-13-7-4-2-3-5-9(7)17-10/h2-6H,1H3. The van der Waals surface area contributed by atoms with Crippen molar-refractivity contribution in [3.8, 4) is 10.7 Å². The Balaban J connectivity index is 2.07. The number of benzene rings is 1. The summed E-state index contributed by atoms with van der Waals surface area (Å²) < 4.78 is 1.15. The second kappa shape index (κ2) is 4.38. The van der Waals surface area contributed by atoms with E-state index in [-0.39, 0.29) is 0 Å². The van der Waals surface area contributed by atoms with Gasteiger partial charge in [0.05, 0.1) is 16.4 Å². The first kappa shape index (κ1) is 10.6. The summed E-state index contributed by atoms with van der Waals surface area (Å²) in [6.45, 7) is 0. The lowest BCUT2D eigenvalue weighted by molar-refractivity contribution is 0.846. The SMILES string of the molecule is CSc1ncc(-c2nc3ccccc3s2)nn1. The summed E-state index contributed by atoms with van der Waals surface area (Å²) in [6.07, 6.45) is 3.64. The van der Waals surface area contributed by atoms with Crippen LogP contribution in [-0.2, 0) is 0 Å². The van der Waals surface area contributed by atoms with E-state index in [1.165, 1.54) is 11.8 Å². The number of hydrogen-bond acceptors (Lipinski definition) is 6. The van der Waals surface area contributed by atoms with Crippen molar-refractivity contribution in [2.45, 2.75) is 5.16 Å². The summed E-state index contributed by atoms with van der Waals surface area (Å²) in [5.74, 6) is 0. The maximum atomic E-state index is 4.51. The van der Waals surface area contributed by atoms with Crippen LogP contribution >= 0.6 is 23.1 Å². The molecular formula is C11H8N4S2. The first-order valence-electron chi connectivity index (χ1n) is 4.96. The van der Waals surface area contributed by atoms with Crippen LogP contribution in [0.25, 0.3) is 20.9 Å². The molecule has 2 aromatic heterocycles. The van der Waals surface area contributed by atoms with Crippen molar-refractivity contribution in [1.29, 1.82) is 0 Å². The quantitative estimate of drug-likeness (QED) is 0.663. The van der Waals surface area contributed by atoms with E-state index in [0.717, 1.165) is 20.9 Å². The number of rotatable bonds is 2. The number of para-hydroxylation sites is 1. The van der Waals surface area contributed by atoms with E-state index in [1.54, 1.807) is 17.5 Å². The molecule has 0 fully saturated rings. The molecule has 4 nitrogen and oxygen atoms in total. The van der Waals surface area contributed by atoms with Gasteiger partial charge in [0.25, 0.3) is 0 Å². The highest BCUT2D eigenvalue weighted by atomic mass is 32.2. The zero-order valence-corrected chi connectivity index (χ0v) is 10.6. The first-order valence-corrected chi connectivity index (χ1v) is 7.00. The largest absolute Gasteiger partial charge is 0.234 e. The monoisotopic (exact) mass is 260 g/mol. The van der Waals surface area contributed by atoms with E-state index in [2.05, 4.69) is 20.2 Å². The molecule has 3 aromatic rings. The van der Waals surface area contributed by atoms with E-state index in [1.807, 2.05) is 30.5 Å². The van der Waals surface area contributed by atoms with Crippen LogP contribution < -0.4 is 0 Å². The van der Waals surface area contributed by atoms with Gasteiger partial charge in [-0.2, -0.15) is 0 Å². The van der Waals surface area contributed by atoms with Gasteiger partial charge in [0, 0.05) is 0 Å². The predicted octanol–water partition coefficient (Wildman–Crippen LogP) is 2.87. The third-order valence-electron chi connectivity index (χ3n) is 2.24. The molecular weight excluding hydrogens is 252 g/mol. The van der Waals surface area contributed by atoms with Crippen LogP contribution in [-0.4, -0.2) is 26.4 Å². The fourth-order valence-corrected chi connectivity index (χ4v) is 2.63. The zero-order chi connectivity index (χ0) is 11.7. The molecule has 3 rings (SSSR count). The molecule has 2 heterocycles. The molecule has 0 radical (unpaired) electrons. The van der Waals surface area contributed by atoms with Crippen molar-refractivity contribution in [3.63, 3.8) is 0 Å². The van der Waals surface area contributed by atoms with Crippen molar-refractivity contribution >= 4 is 33.3 Å². The maximum Gasteiger partial charge on any atom is 0.208 e. The summed E-state index contributed by atoms with van der Waals surface area (Å²) in [4.78, 5) is 8.71. The minimum Gasteiger partial charge on any atom is -0.234 e. The lowest BCUT2D eigenvalue weighted by Gasteiger charge is -1.94. The van der Waals surface area contributed by atoms with E-state index >= 15 is 0 Å². The first-order chi connectivity index (χ1) is 8.36. The van der Waals surface area contributed by atoms with Gasteiger partial charge >= 0.3 is 0 Å². The number of nitrogens with zero attached hydrogens (tertiary/aromatic N) is 4. The Morgan fingerprint density at radius 2 is 2.06 bits per heavy atom. The summed E-state index contributed by atoms with van der Waals surface area (Å²) in [5, 5.41) is 9.68. The molecule has 6 heteroatoms. The van der Waals surface area contributed by atoms with Crippen LogP contribution in [0.1, 0.15) is 0 Å². The molecule has 0 aliphatic carbocycles. The molecule has 17 heavy (non-hydrogen) atoms. The molecule has 0 saturated heterocycles. The van der Waals surface area contributed by atoms with Crippen LogP contribution in [0.4, 0.5) is 0 Å². The Morgan fingerprint density at radius 1 is 1.18 bits per heavy atom. The molecule has 0 saturated carbocycles. The number of aromatic nitrogens is 4. The molecule has 0 bridgehead atoms. The highest BCUT2D eigenvalue weighted by molar-refractivity contribution is 7.98. The fraction of sp³-hybridized carbons (Fsp3) is 0.0909. The van der Waals surface area contributed by atoms with Gasteiger partial charge in [-0.3, -0.25) is 0 Å². The number of fused-ring (bicyclic) bond motifs is 1. The predicted molar refractivity (Wildman–Crippen MR) is 70.2 cm³/mol. The Kier molecular flexibility index (Phi) is 2.74. The third kappa shape index (κ3) is 2.01. The summed E-state index contributed by atoms with van der Waals surface area (Å²) in [7, 11) is 0. The van der Waals surface area contributed by atoms with E-state index in [0.29, 0.717) is 5.16 Å². The molecule has 0 spiro atoms. The molecule has 0 unspecified atom stereocenters. The second-order valence-corrected chi connectivity index (χ2v) is 5.12. The lowest BCUT2D eigenvalue weighted by Crippen LogP contribution is -1.91. The molecule has 84 valence electrons. The third-order valence-corrected chi connectivity index (χ3v) is 3.85. The Morgan fingerprint density at radius 3 is 2.76 bits per heavy atom. The molecule has 0 amide bonds. The average Bonchev–Trinajstić information content (AvgIpc) is 2.82. The topological polar surface area (TPSA) is 51.6 Å². The van der Waals surface area contributed by atoms with Crippen LogP contribution in [0.3, 0.4) is 0 Å². The van der Waals surface area contributed by atoms with Gasteiger partial charge in [-0.1, -0.05) is 23.9 Å². The minimum atomic E-state index is 0.676. The average molecular weight is 260 g/mol. The lowest BCUT2D eigenvalue weighted by atomic mass is 10.3. The normalized spacial score (nSPS) is 10.9. The van der Waals surface area contributed by atoms with Crippen molar-refractivity contribution in [3.05, 3.63) is 30.5 Å². The zero-order valence-electron chi connectivity index (χ0n) is 8.99. The number of thiazole rings is 1. The smallest absolute Gasteiger partial charge is 0.208 e. The highest BCUT2D eigenvalue weighted by Crippen LogP contribution is 2.28.